The highest BCUT2D eigenvalue weighted by Crippen LogP contribution is 2.46. The lowest BCUT2D eigenvalue weighted by Crippen LogP contribution is -2.54. The van der Waals surface area contributed by atoms with Crippen LogP contribution < -0.4 is 0 Å². The molecule has 0 aromatic carbocycles. The predicted octanol–water partition coefficient (Wildman–Crippen LogP) is 3.25. The summed E-state index contributed by atoms with van der Waals surface area (Å²) in [4.78, 5) is 26.3. The third kappa shape index (κ3) is 4.72. The molecule has 0 radical (unpaired) electrons. The number of fused-ring (bicyclic) bond motifs is 1. The number of likely N-dealkylation sites (N-methyl/N-ethyl adjacent to an activating group) is 1. The van der Waals surface area contributed by atoms with E-state index in [9.17, 15) is 9.59 Å². The Balaban J connectivity index is 2.22. The molecule has 5 heteroatoms. The van der Waals surface area contributed by atoms with Crippen molar-refractivity contribution in [3.63, 3.8) is 0 Å². The van der Waals surface area contributed by atoms with E-state index in [1.54, 1.807) is 0 Å². The Morgan fingerprint density at radius 1 is 1.24 bits per heavy atom. The van der Waals surface area contributed by atoms with Crippen LogP contribution in [0, 0.1) is 5.92 Å². The zero-order chi connectivity index (χ0) is 18.3. The quantitative estimate of drug-likeness (QED) is 0.630. The Morgan fingerprint density at radius 2 is 1.96 bits per heavy atom. The molecule has 1 saturated carbocycles. The van der Waals surface area contributed by atoms with Gasteiger partial charge in [-0.1, -0.05) is 24.6 Å². The van der Waals surface area contributed by atoms with Crippen LogP contribution in [0.5, 0.6) is 0 Å². The number of hydrogen-bond donors (Lipinski definition) is 0. The van der Waals surface area contributed by atoms with Crippen LogP contribution in [0.25, 0.3) is 0 Å². The molecule has 5 nitrogen and oxygen atoms in total. The summed E-state index contributed by atoms with van der Waals surface area (Å²) in [6.45, 7) is 5.01. The van der Waals surface area contributed by atoms with Gasteiger partial charge in [0.15, 0.2) is 0 Å². The molecule has 140 valence electrons. The summed E-state index contributed by atoms with van der Waals surface area (Å²) in [5, 5.41) is 0. The molecule has 0 heterocycles. The van der Waals surface area contributed by atoms with E-state index in [0.29, 0.717) is 38.5 Å². The Hall–Kier alpha value is -1.62. The third-order valence-corrected chi connectivity index (χ3v) is 5.38. The van der Waals surface area contributed by atoms with Crippen molar-refractivity contribution in [2.24, 2.45) is 5.92 Å². The summed E-state index contributed by atoms with van der Waals surface area (Å²) >= 11 is 0. The van der Waals surface area contributed by atoms with Gasteiger partial charge in [0.2, 0.25) is 0 Å². The van der Waals surface area contributed by atoms with E-state index in [2.05, 4.69) is 23.1 Å². The van der Waals surface area contributed by atoms with Crippen molar-refractivity contribution in [1.29, 1.82) is 0 Å². The van der Waals surface area contributed by atoms with Crippen LogP contribution in [-0.4, -0.2) is 49.2 Å². The second-order valence-electron chi connectivity index (χ2n) is 6.86. The van der Waals surface area contributed by atoms with E-state index in [1.165, 1.54) is 5.57 Å². The fourth-order valence-corrected chi connectivity index (χ4v) is 4.16. The minimum absolute atomic E-state index is 0.165. The lowest BCUT2D eigenvalue weighted by molar-refractivity contribution is -0.146. The molecular formula is C20H31NO4. The maximum absolute atomic E-state index is 12.4. The topological polar surface area (TPSA) is 55.8 Å². The van der Waals surface area contributed by atoms with Gasteiger partial charge in [-0.15, -0.1) is 0 Å². The number of nitrogens with zero attached hydrogens (tertiary/aromatic N) is 1. The number of ether oxygens (including phenoxy) is 2. The van der Waals surface area contributed by atoms with Gasteiger partial charge in [0, 0.05) is 6.54 Å². The average Bonchev–Trinajstić information content (AvgIpc) is 2.60. The average molecular weight is 349 g/mol. The minimum atomic E-state index is -0.355. The SMILES string of the molecule is CCOC(=O)CCN(C)[C@]1(CC(=O)OCC)CCCC2CC=CC=C21. The molecule has 0 N–H and O–H groups in total. The van der Waals surface area contributed by atoms with Crippen molar-refractivity contribution in [2.75, 3.05) is 26.8 Å². The molecule has 2 aliphatic rings. The zero-order valence-electron chi connectivity index (χ0n) is 15.8. The second-order valence-corrected chi connectivity index (χ2v) is 6.86. The van der Waals surface area contributed by atoms with E-state index in [-0.39, 0.29) is 17.5 Å². The molecule has 0 aromatic rings. The molecule has 25 heavy (non-hydrogen) atoms. The molecule has 0 saturated heterocycles. The van der Waals surface area contributed by atoms with Crippen LogP contribution in [0.2, 0.25) is 0 Å². The summed E-state index contributed by atoms with van der Waals surface area (Å²) in [5.74, 6) is 0.130. The van der Waals surface area contributed by atoms with Crippen LogP contribution in [0.4, 0.5) is 0 Å². The molecule has 2 rings (SSSR count). The number of rotatable bonds is 8. The van der Waals surface area contributed by atoms with Crippen molar-refractivity contribution in [3.05, 3.63) is 23.8 Å². The minimum Gasteiger partial charge on any atom is -0.466 e. The largest absolute Gasteiger partial charge is 0.466 e. The van der Waals surface area contributed by atoms with E-state index in [0.717, 1.165) is 25.7 Å². The smallest absolute Gasteiger partial charge is 0.307 e. The molecule has 1 fully saturated rings. The first-order valence-electron chi connectivity index (χ1n) is 9.43. The molecule has 1 unspecified atom stereocenters. The molecule has 0 bridgehead atoms. The lowest BCUT2D eigenvalue weighted by Gasteiger charge is -2.49. The fourth-order valence-electron chi connectivity index (χ4n) is 4.16. The Bertz CT molecular complexity index is 540. The monoisotopic (exact) mass is 349 g/mol. The third-order valence-electron chi connectivity index (χ3n) is 5.38. The van der Waals surface area contributed by atoms with Gasteiger partial charge in [-0.25, -0.2) is 0 Å². The van der Waals surface area contributed by atoms with Gasteiger partial charge in [0.05, 0.1) is 31.6 Å². The van der Waals surface area contributed by atoms with Gasteiger partial charge in [-0.3, -0.25) is 14.5 Å². The number of allylic oxidation sites excluding steroid dienone is 3. The normalized spacial score (nSPS) is 25.3. The van der Waals surface area contributed by atoms with E-state index < -0.39 is 0 Å². The predicted molar refractivity (Wildman–Crippen MR) is 97.0 cm³/mol. The van der Waals surface area contributed by atoms with Crippen molar-refractivity contribution in [1.82, 2.24) is 4.90 Å². The van der Waals surface area contributed by atoms with Gasteiger partial charge in [-0.2, -0.15) is 0 Å². The van der Waals surface area contributed by atoms with Crippen molar-refractivity contribution >= 4 is 11.9 Å². The van der Waals surface area contributed by atoms with E-state index in [1.807, 2.05) is 20.9 Å². The molecule has 2 aliphatic carbocycles. The first-order valence-corrected chi connectivity index (χ1v) is 9.43. The molecule has 0 aliphatic heterocycles. The first kappa shape index (κ1) is 19.7. The van der Waals surface area contributed by atoms with Crippen molar-refractivity contribution < 1.29 is 19.1 Å². The molecule has 2 atom stereocenters. The highest BCUT2D eigenvalue weighted by molar-refractivity contribution is 5.72. The van der Waals surface area contributed by atoms with Crippen molar-refractivity contribution in [2.45, 2.75) is 57.9 Å². The summed E-state index contributed by atoms with van der Waals surface area (Å²) < 4.78 is 10.3. The highest BCUT2D eigenvalue weighted by atomic mass is 16.5. The number of esters is 2. The highest BCUT2D eigenvalue weighted by Gasteiger charge is 2.45. The van der Waals surface area contributed by atoms with Crippen LogP contribution in [0.1, 0.15) is 52.4 Å². The maximum Gasteiger partial charge on any atom is 0.307 e. The Morgan fingerprint density at radius 3 is 2.68 bits per heavy atom. The van der Waals surface area contributed by atoms with Gasteiger partial charge in [0.1, 0.15) is 0 Å². The van der Waals surface area contributed by atoms with Crippen LogP contribution in [0.3, 0.4) is 0 Å². The molecule has 0 aromatic heterocycles. The van der Waals surface area contributed by atoms with Crippen LogP contribution >= 0.6 is 0 Å². The van der Waals surface area contributed by atoms with Crippen LogP contribution in [0.15, 0.2) is 23.8 Å². The number of carbonyl (C=O) groups is 2. The molecule has 0 spiro atoms. The standard InChI is InChI=1S/C20H31NO4/c1-4-24-18(22)12-14-21(3)20(15-19(23)25-5-2)13-8-10-16-9-6-7-11-17(16)20/h6-7,11,16H,4-5,8-10,12-15H2,1-3H3/t16?,20-/m0/s1. The van der Waals surface area contributed by atoms with Crippen LogP contribution in [-0.2, 0) is 19.1 Å². The summed E-state index contributed by atoms with van der Waals surface area (Å²) in [6, 6.07) is 0. The Kier molecular flexibility index (Phi) is 7.24. The van der Waals surface area contributed by atoms with Gasteiger partial charge >= 0.3 is 11.9 Å². The molecule has 0 amide bonds. The van der Waals surface area contributed by atoms with Gasteiger partial charge in [0.25, 0.3) is 0 Å². The molecular weight excluding hydrogens is 318 g/mol. The van der Waals surface area contributed by atoms with Gasteiger partial charge in [-0.05, 0) is 51.6 Å². The second kappa shape index (κ2) is 9.18. The maximum atomic E-state index is 12.4. The van der Waals surface area contributed by atoms with E-state index in [4.69, 9.17) is 9.47 Å². The van der Waals surface area contributed by atoms with Crippen molar-refractivity contribution in [3.8, 4) is 0 Å². The van der Waals surface area contributed by atoms with E-state index >= 15 is 0 Å². The first-order chi connectivity index (χ1) is 12.0. The number of hydrogen-bond acceptors (Lipinski definition) is 5. The Labute approximate surface area is 151 Å². The summed E-state index contributed by atoms with van der Waals surface area (Å²) in [6.07, 6.45) is 11.3. The zero-order valence-corrected chi connectivity index (χ0v) is 15.8. The fraction of sp³-hybridized carbons (Fsp3) is 0.700. The van der Waals surface area contributed by atoms with Gasteiger partial charge < -0.3 is 9.47 Å². The summed E-state index contributed by atoms with van der Waals surface area (Å²) in [7, 11) is 2.01. The lowest BCUT2D eigenvalue weighted by atomic mass is 9.66. The summed E-state index contributed by atoms with van der Waals surface area (Å²) in [5.41, 5.74) is 0.965. The number of carbonyl (C=O) groups excluding carboxylic acids is 2.